The Morgan fingerprint density at radius 1 is 1.60 bits per heavy atom. The third-order valence-corrected chi connectivity index (χ3v) is 2.38. The maximum absolute atomic E-state index is 11.1. The van der Waals surface area contributed by atoms with E-state index in [4.69, 9.17) is 4.42 Å². The lowest BCUT2D eigenvalue weighted by Gasteiger charge is -2.07. The monoisotopic (exact) mass is 209 g/mol. The second kappa shape index (κ2) is 3.42. The molecular formula is C10H11NO4. The first-order valence-corrected chi connectivity index (χ1v) is 4.62. The molecule has 0 bridgehead atoms. The van der Waals surface area contributed by atoms with E-state index in [1.807, 2.05) is 0 Å². The lowest BCUT2D eigenvalue weighted by molar-refractivity contribution is -0.109. The summed E-state index contributed by atoms with van der Waals surface area (Å²) in [6.07, 6.45) is 2.46. The number of carbonyl (C=O) groups is 2. The minimum absolute atomic E-state index is 0.127. The van der Waals surface area contributed by atoms with Crippen LogP contribution in [-0.4, -0.2) is 24.9 Å². The maximum atomic E-state index is 11.1. The zero-order chi connectivity index (χ0) is 10.9. The van der Waals surface area contributed by atoms with Gasteiger partial charge in [0.05, 0.1) is 12.6 Å². The number of rotatable bonds is 4. The molecule has 0 amide bonds. The van der Waals surface area contributed by atoms with Crippen molar-refractivity contribution in [2.45, 2.75) is 18.4 Å². The molecule has 0 saturated heterocycles. The minimum atomic E-state index is -0.529. The molecule has 1 heterocycles. The molecule has 15 heavy (non-hydrogen) atoms. The Bertz CT molecular complexity index is 392. The molecule has 0 atom stereocenters. The van der Waals surface area contributed by atoms with Gasteiger partial charge >= 0.3 is 5.97 Å². The van der Waals surface area contributed by atoms with Crippen molar-refractivity contribution in [3.05, 3.63) is 17.9 Å². The molecule has 1 N–H and O–H groups in total. The van der Waals surface area contributed by atoms with Crippen molar-refractivity contribution >= 4 is 18.1 Å². The van der Waals surface area contributed by atoms with Crippen LogP contribution in [0.15, 0.2) is 16.5 Å². The Morgan fingerprint density at radius 3 is 2.87 bits per heavy atom. The largest absolute Gasteiger partial charge is 0.463 e. The van der Waals surface area contributed by atoms with Crippen LogP contribution in [0.4, 0.5) is 5.88 Å². The molecule has 0 spiro atoms. The number of carbonyl (C=O) groups excluding carboxylic acids is 2. The normalized spacial score (nSPS) is 16.9. The van der Waals surface area contributed by atoms with Gasteiger partial charge in [0, 0.05) is 6.07 Å². The van der Waals surface area contributed by atoms with Crippen LogP contribution < -0.4 is 5.32 Å². The van der Waals surface area contributed by atoms with E-state index in [2.05, 4.69) is 10.1 Å². The van der Waals surface area contributed by atoms with Gasteiger partial charge in [-0.15, -0.1) is 0 Å². The summed E-state index contributed by atoms with van der Waals surface area (Å²) < 4.78 is 9.66. The average Bonchev–Trinajstić information content (AvgIpc) is 2.87. The zero-order valence-electron chi connectivity index (χ0n) is 8.28. The van der Waals surface area contributed by atoms with Crippen LogP contribution in [0.1, 0.15) is 23.4 Å². The third-order valence-electron chi connectivity index (χ3n) is 2.38. The summed E-state index contributed by atoms with van der Waals surface area (Å²) in [5.74, 6) is 0.0145. The molecule has 0 radical (unpaired) electrons. The van der Waals surface area contributed by atoms with Gasteiger partial charge in [-0.1, -0.05) is 0 Å². The van der Waals surface area contributed by atoms with Gasteiger partial charge < -0.3 is 19.3 Å². The standard InChI is InChI=1S/C10H11NO4/c1-14-9(13)7-2-3-8(15-7)11-10(6-12)4-5-10/h2-3,6,11H,4-5H2,1H3. The molecule has 1 fully saturated rings. The molecule has 1 aromatic rings. The Hall–Kier alpha value is -1.78. The fourth-order valence-electron chi connectivity index (χ4n) is 1.27. The SMILES string of the molecule is COC(=O)c1ccc(NC2(C=O)CC2)o1. The van der Waals surface area contributed by atoms with Crippen molar-refractivity contribution in [1.82, 2.24) is 0 Å². The number of anilines is 1. The summed E-state index contributed by atoms with van der Waals surface area (Å²) in [4.78, 5) is 21.8. The Labute approximate surface area is 86.4 Å². The summed E-state index contributed by atoms with van der Waals surface area (Å²) >= 11 is 0. The van der Waals surface area contributed by atoms with Crippen LogP contribution in [0.5, 0.6) is 0 Å². The molecule has 5 nitrogen and oxygen atoms in total. The van der Waals surface area contributed by atoms with E-state index in [-0.39, 0.29) is 5.76 Å². The predicted octanol–water partition coefficient (Wildman–Crippen LogP) is 1.21. The van der Waals surface area contributed by atoms with E-state index in [9.17, 15) is 9.59 Å². The fourth-order valence-corrected chi connectivity index (χ4v) is 1.27. The number of aldehydes is 1. The van der Waals surface area contributed by atoms with Crippen LogP contribution >= 0.6 is 0 Å². The van der Waals surface area contributed by atoms with Gasteiger partial charge in [0.2, 0.25) is 5.76 Å². The topological polar surface area (TPSA) is 68.5 Å². The van der Waals surface area contributed by atoms with Crippen molar-refractivity contribution < 1.29 is 18.7 Å². The molecule has 0 unspecified atom stereocenters. The fraction of sp³-hybridized carbons (Fsp3) is 0.400. The van der Waals surface area contributed by atoms with Gasteiger partial charge in [-0.25, -0.2) is 4.79 Å². The highest BCUT2D eigenvalue weighted by atomic mass is 16.5. The predicted molar refractivity (Wildman–Crippen MR) is 51.7 cm³/mol. The third kappa shape index (κ3) is 1.86. The molecule has 1 aliphatic rings. The van der Waals surface area contributed by atoms with E-state index in [0.717, 1.165) is 19.1 Å². The lowest BCUT2D eigenvalue weighted by atomic mass is 10.3. The summed E-state index contributed by atoms with van der Waals surface area (Å²) in [5, 5.41) is 2.94. The maximum Gasteiger partial charge on any atom is 0.374 e. The van der Waals surface area contributed by atoms with E-state index < -0.39 is 11.5 Å². The number of methoxy groups -OCH3 is 1. The van der Waals surface area contributed by atoms with Gasteiger partial charge in [-0.2, -0.15) is 0 Å². The highest BCUT2D eigenvalue weighted by Crippen LogP contribution is 2.37. The molecule has 1 aliphatic carbocycles. The number of ether oxygens (including phenoxy) is 1. The van der Waals surface area contributed by atoms with Gasteiger partial charge in [0.25, 0.3) is 0 Å². The minimum Gasteiger partial charge on any atom is -0.463 e. The summed E-state index contributed by atoms with van der Waals surface area (Å²) in [5.41, 5.74) is -0.481. The highest BCUT2D eigenvalue weighted by molar-refractivity contribution is 5.86. The van der Waals surface area contributed by atoms with Crippen molar-refractivity contribution in [2.24, 2.45) is 0 Å². The molecule has 5 heteroatoms. The van der Waals surface area contributed by atoms with E-state index in [1.165, 1.54) is 13.2 Å². The van der Waals surface area contributed by atoms with Crippen LogP contribution in [0.25, 0.3) is 0 Å². The van der Waals surface area contributed by atoms with Gasteiger partial charge in [-0.05, 0) is 18.9 Å². The van der Waals surface area contributed by atoms with Crippen molar-refractivity contribution in [3.8, 4) is 0 Å². The van der Waals surface area contributed by atoms with Crippen molar-refractivity contribution in [2.75, 3.05) is 12.4 Å². The quantitative estimate of drug-likeness (QED) is 0.596. The Kier molecular flexibility index (Phi) is 2.22. The number of nitrogens with one attached hydrogen (secondary N) is 1. The summed E-state index contributed by atoms with van der Waals surface area (Å²) in [6.45, 7) is 0. The van der Waals surface area contributed by atoms with E-state index in [1.54, 1.807) is 6.07 Å². The molecule has 2 rings (SSSR count). The number of esters is 1. The van der Waals surface area contributed by atoms with Crippen LogP contribution in [0.3, 0.4) is 0 Å². The molecule has 1 saturated carbocycles. The Morgan fingerprint density at radius 2 is 2.33 bits per heavy atom. The smallest absolute Gasteiger partial charge is 0.374 e. The van der Waals surface area contributed by atoms with Crippen LogP contribution in [0.2, 0.25) is 0 Å². The summed E-state index contributed by atoms with van der Waals surface area (Å²) in [6, 6.07) is 3.12. The van der Waals surface area contributed by atoms with Crippen LogP contribution in [0, 0.1) is 0 Å². The molecule has 0 aromatic carbocycles. The number of hydrogen-bond acceptors (Lipinski definition) is 5. The number of hydrogen-bond donors (Lipinski definition) is 1. The second-order valence-corrected chi connectivity index (χ2v) is 3.55. The van der Waals surface area contributed by atoms with E-state index >= 15 is 0 Å². The summed E-state index contributed by atoms with van der Waals surface area (Å²) in [7, 11) is 1.28. The lowest BCUT2D eigenvalue weighted by Crippen LogP contribution is -2.22. The first-order chi connectivity index (χ1) is 7.19. The van der Waals surface area contributed by atoms with Crippen LogP contribution in [-0.2, 0) is 9.53 Å². The Balaban J connectivity index is 2.07. The number of furan rings is 1. The van der Waals surface area contributed by atoms with Crippen molar-refractivity contribution in [3.63, 3.8) is 0 Å². The first-order valence-electron chi connectivity index (χ1n) is 4.62. The van der Waals surface area contributed by atoms with Gasteiger partial charge in [-0.3, -0.25) is 0 Å². The first kappa shape index (κ1) is 9.76. The van der Waals surface area contributed by atoms with E-state index in [0.29, 0.717) is 5.88 Å². The van der Waals surface area contributed by atoms with Gasteiger partial charge in [0.1, 0.15) is 6.29 Å². The van der Waals surface area contributed by atoms with Crippen molar-refractivity contribution in [1.29, 1.82) is 0 Å². The molecule has 1 aromatic heterocycles. The molecule has 80 valence electrons. The highest BCUT2D eigenvalue weighted by Gasteiger charge is 2.43. The van der Waals surface area contributed by atoms with Gasteiger partial charge in [0.15, 0.2) is 5.88 Å². The molecular weight excluding hydrogens is 198 g/mol. The average molecular weight is 209 g/mol. The molecule has 0 aliphatic heterocycles. The zero-order valence-corrected chi connectivity index (χ0v) is 8.28. The second-order valence-electron chi connectivity index (χ2n) is 3.55.